The Morgan fingerprint density at radius 1 is 1.16 bits per heavy atom. The standard InChI is InChI=1S/C13H14F2O3S/c14-11-2-1-9(7-12(11)15)8-13(16)10-3-5-19(17,18)6-4-10/h1-2,7,10H,3-6,8H2. The number of sulfone groups is 1. The van der Waals surface area contributed by atoms with E-state index >= 15 is 0 Å². The Bertz CT molecular complexity index is 582. The summed E-state index contributed by atoms with van der Waals surface area (Å²) < 4.78 is 48.3. The quantitative estimate of drug-likeness (QED) is 0.853. The minimum atomic E-state index is -3.00. The molecule has 1 heterocycles. The highest BCUT2D eigenvalue weighted by Crippen LogP contribution is 2.21. The molecule has 3 nitrogen and oxygen atoms in total. The van der Waals surface area contributed by atoms with Crippen LogP contribution in [-0.2, 0) is 21.1 Å². The molecule has 1 aromatic rings. The fourth-order valence-electron chi connectivity index (χ4n) is 2.21. The molecule has 0 bridgehead atoms. The van der Waals surface area contributed by atoms with E-state index < -0.39 is 21.5 Å². The van der Waals surface area contributed by atoms with Crippen molar-refractivity contribution in [3.8, 4) is 0 Å². The molecule has 0 spiro atoms. The molecule has 0 aliphatic carbocycles. The average molecular weight is 288 g/mol. The number of benzene rings is 1. The van der Waals surface area contributed by atoms with E-state index in [1.807, 2.05) is 0 Å². The molecule has 1 saturated heterocycles. The van der Waals surface area contributed by atoms with Gasteiger partial charge in [-0.3, -0.25) is 4.79 Å². The third kappa shape index (κ3) is 3.59. The molecule has 1 aliphatic heterocycles. The lowest BCUT2D eigenvalue weighted by molar-refractivity contribution is -0.122. The Kier molecular flexibility index (Phi) is 3.99. The van der Waals surface area contributed by atoms with Crippen molar-refractivity contribution in [1.29, 1.82) is 0 Å². The summed E-state index contributed by atoms with van der Waals surface area (Å²) >= 11 is 0. The summed E-state index contributed by atoms with van der Waals surface area (Å²) in [6, 6.07) is 3.37. The second kappa shape index (κ2) is 5.36. The summed E-state index contributed by atoms with van der Waals surface area (Å²) in [6.07, 6.45) is 0.664. The van der Waals surface area contributed by atoms with Crippen LogP contribution < -0.4 is 0 Å². The SMILES string of the molecule is O=C(Cc1ccc(F)c(F)c1)C1CCS(=O)(=O)CC1. The smallest absolute Gasteiger partial charge is 0.159 e. The van der Waals surface area contributed by atoms with Crippen molar-refractivity contribution in [2.45, 2.75) is 19.3 Å². The fraction of sp³-hybridized carbons (Fsp3) is 0.462. The molecule has 1 aromatic carbocycles. The third-order valence-corrected chi connectivity index (χ3v) is 5.09. The van der Waals surface area contributed by atoms with Crippen LogP contribution in [0.1, 0.15) is 18.4 Å². The van der Waals surface area contributed by atoms with E-state index in [-0.39, 0.29) is 29.6 Å². The van der Waals surface area contributed by atoms with Crippen LogP contribution in [0.25, 0.3) is 0 Å². The van der Waals surface area contributed by atoms with Gasteiger partial charge < -0.3 is 0 Å². The molecular weight excluding hydrogens is 274 g/mol. The van der Waals surface area contributed by atoms with Gasteiger partial charge in [0.15, 0.2) is 11.6 Å². The van der Waals surface area contributed by atoms with Gasteiger partial charge in [-0.05, 0) is 30.5 Å². The monoisotopic (exact) mass is 288 g/mol. The van der Waals surface area contributed by atoms with Crippen LogP contribution in [0.2, 0.25) is 0 Å². The summed E-state index contributed by atoms with van der Waals surface area (Å²) in [6.45, 7) is 0. The first kappa shape index (κ1) is 14.1. The Morgan fingerprint density at radius 3 is 2.37 bits per heavy atom. The molecule has 0 unspecified atom stereocenters. The number of ketones is 1. The maximum atomic E-state index is 13.0. The highest BCUT2D eigenvalue weighted by atomic mass is 32.2. The Balaban J connectivity index is 2.00. The lowest BCUT2D eigenvalue weighted by Crippen LogP contribution is -2.29. The van der Waals surface area contributed by atoms with Crippen LogP contribution in [0, 0.1) is 17.6 Å². The number of Topliss-reactive ketones (excluding diaryl/α,β-unsaturated/α-hetero) is 1. The topological polar surface area (TPSA) is 51.2 Å². The minimum Gasteiger partial charge on any atom is -0.299 e. The van der Waals surface area contributed by atoms with Gasteiger partial charge in [-0.25, -0.2) is 17.2 Å². The molecule has 0 atom stereocenters. The summed E-state index contributed by atoms with van der Waals surface area (Å²) in [5.74, 6) is -2.27. The molecule has 104 valence electrons. The van der Waals surface area contributed by atoms with E-state index in [1.54, 1.807) is 0 Å². The molecule has 6 heteroatoms. The summed E-state index contributed by atoms with van der Waals surface area (Å²) in [5.41, 5.74) is 0.414. The van der Waals surface area contributed by atoms with Crippen LogP contribution in [0.4, 0.5) is 8.78 Å². The van der Waals surface area contributed by atoms with E-state index in [0.717, 1.165) is 12.1 Å². The van der Waals surface area contributed by atoms with Crippen molar-refractivity contribution in [2.24, 2.45) is 5.92 Å². The van der Waals surface area contributed by atoms with Crippen molar-refractivity contribution in [2.75, 3.05) is 11.5 Å². The summed E-state index contributed by atoms with van der Waals surface area (Å²) in [4.78, 5) is 12.0. The van der Waals surface area contributed by atoms with Gasteiger partial charge in [0.05, 0.1) is 11.5 Å². The van der Waals surface area contributed by atoms with Gasteiger partial charge in [0, 0.05) is 12.3 Å². The zero-order valence-corrected chi connectivity index (χ0v) is 11.1. The summed E-state index contributed by atoms with van der Waals surface area (Å²) in [7, 11) is -3.00. The van der Waals surface area contributed by atoms with Gasteiger partial charge in [-0.2, -0.15) is 0 Å². The predicted octanol–water partition coefficient (Wildman–Crippen LogP) is 1.90. The minimum absolute atomic E-state index is 0.0158. The lowest BCUT2D eigenvalue weighted by Gasteiger charge is -2.20. The normalized spacial score (nSPS) is 19.3. The van der Waals surface area contributed by atoms with Gasteiger partial charge in [-0.15, -0.1) is 0 Å². The number of carbonyl (C=O) groups excluding carboxylic acids is 1. The number of hydrogen-bond donors (Lipinski definition) is 0. The van der Waals surface area contributed by atoms with Gasteiger partial charge in [-0.1, -0.05) is 6.07 Å². The first-order chi connectivity index (χ1) is 8.87. The van der Waals surface area contributed by atoms with E-state index in [0.29, 0.717) is 18.4 Å². The highest BCUT2D eigenvalue weighted by Gasteiger charge is 2.28. The predicted molar refractivity (Wildman–Crippen MR) is 66.4 cm³/mol. The van der Waals surface area contributed by atoms with E-state index in [2.05, 4.69) is 0 Å². The zero-order chi connectivity index (χ0) is 14.0. The van der Waals surface area contributed by atoms with Crippen LogP contribution in [0.15, 0.2) is 18.2 Å². The Hall–Kier alpha value is -1.30. The van der Waals surface area contributed by atoms with Crippen molar-refractivity contribution < 1.29 is 22.0 Å². The zero-order valence-electron chi connectivity index (χ0n) is 10.2. The van der Waals surface area contributed by atoms with Crippen LogP contribution in [-0.4, -0.2) is 25.7 Å². The molecule has 0 N–H and O–H groups in total. The average Bonchev–Trinajstić information content (AvgIpc) is 2.33. The van der Waals surface area contributed by atoms with Gasteiger partial charge in [0.2, 0.25) is 0 Å². The Morgan fingerprint density at radius 2 is 1.79 bits per heavy atom. The van der Waals surface area contributed by atoms with Crippen molar-refractivity contribution >= 4 is 15.6 Å². The highest BCUT2D eigenvalue weighted by molar-refractivity contribution is 7.91. The van der Waals surface area contributed by atoms with Crippen molar-refractivity contribution in [3.05, 3.63) is 35.4 Å². The number of hydrogen-bond acceptors (Lipinski definition) is 3. The van der Waals surface area contributed by atoms with Crippen LogP contribution in [0.3, 0.4) is 0 Å². The molecule has 0 saturated carbocycles. The number of halogens is 2. The first-order valence-electron chi connectivity index (χ1n) is 6.04. The van der Waals surface area contributed by atoms with Crippen molar-refractivity contribution in [1.82, 2.24) is 0 Å². The second-order valence-electron chi connectivity index (χ2n) is 4.82. The molecule has 0 aromatic heterocycles. The summed E-state index contributed by atoms with van der Waals surface area (Å²) in [5, 5.41) is 0. The fourth-order valence-corrected chi connectivity index (χ4v) is 3.70. The number of rotatable bonds is 3. The van der Waals surface area contributed by atoms with Gasteiger partial charge >= 0.3 is 0 Å². The molecule has 2 rings (SSSR count). The third-order valence-electron chi connectivity index (χ3n) is 3.37. The van der Waals surface area contributed by atoms with Crippen LogP contribution in [0.5, 0.6) is 0 Å². The second-order valence-corrected chi connectivity index (χ2v) is 7.12. The molecule has 0 radical (unpaired) electrons. The molecule has 0 amide bonds. The molecule has 1 aliphatic rings. The maximum Gasteiger partial charge on any atom is 0.159 e. The van der Waals surface area contributed by atoms with Gasteiger partial charge in [0.1, 0.15) is 15.6 Å². The molecule has 1 fully saturated rings. The first-order valence-corrected chi connectivity index (χ1v) is 7.86. The number of carbonyl (C=O) groups is 1. The maximum absolute atomic E-state index is 13.0. The van der Waals surface area contributed by atoms with Gasteiger partial charge in [0.25, 0.3) is 0 Å². The van der Waals surface area contributed by atoms with E-state index in [4.69, 9.17) is 0 Å². The lowest BCUT2D eigenvalue weighted by atomic mass is 9.93. The molecule has 19 heavy (non-hydrogen) atoms. The van der Waals surface area contributed by atoms with Crippen LogP contribution >= 0.6 is 0 Å². The molecular formula is C13H14F2O3S. The van der Waals surface area contributed by atoms with Crippen molar-refractivity contribution in [3.63, 3.8) is 0 Å². The van der Waals surface area contributed by atoms with E-state index in [9.17, 15) is 22.0 Å². The Labute approximate surface area is 110 Å². The van der Waals surface area contributed by atoms with E-state index in [1.165, 1.54) is 6.07 Å². The largest absolute Gasteiger partial charge is 0.299 e.